The SMILES string of the molecule is CCC1=NOC(CNCc2cnc(-c3ccccc3C)s2)C1. The van der Waals surface area contributed by atoms with Gasteiger partial charge in [-0.3, -0.25) is 0 Å². The monoisotopic (exact) mass is 315 g/mol. The van der Waals surface area contributed by atoms with Gasteiger partial charge in [0.2, 0.25) is 0 Å². The minimum atomic E-state index is 0.179. The van der Waals surface area contributed by atoms with Crippen molar-refractivity contribution in [2.24, 2.45) is 5.16 Å². The van der Waals surface area contributed by atoms with E-state index in [1.54, 1.807) is 11.3 Å². The Kier molecular flexibility index (Phi) is 4.85. The molecule has 1 aromatic heterocycles. The van der Waals surface area contributed by atoms with E-state index in [0.717, 1.165) is 36.7 Å². The van der Waals surface area contributed by atoms with Crippen molar-refractivity contribution in [1.29, 1.82) is 0 Å². The Balaban J connectivity index is 1.52. The van der Waals surface area contributed by atoms with Crippen LogP contribution in [0.5, 0.6) is 0 Å². The normalized spacial score (nSPS) is 17.4. The van der Waals surface area contributed by atoms with Crippen LogP contribution in [0.1, 0.15) is 30.2 Å². The lowest BCUT2D eigenvalue weighted by Crippen LogP contribution is -2.26. The second-order valence-corrected chi connectivity index (χ2v) is 6.64. The molecule has 5 heteroatoms. The quantitative estimate of drug-likeness (QED) is 0.883. The fourth-order valence-corrected chi connectivity index (χ4v) is 3.46. The molecular formula is C17H21N3OS. The Labute approximate surface area is 135 Å². The first-order chi connectivity index (χ1) is 10.8. The molecule has 0 saturated carbocycles. The van der Waals surface area contributed by atoms with Crippen LogP contribution in [-0.2, 0) is 11.4 Å². The van der Waals surface area contributed by atoms with Crippen molar-refractivity contribution < 1.29 is 4.84 Å². The lowest BCUT2D eigenvalue weighted by Gasteiger charge is -2.08. The van der Waals surface area contributed by atoms with E-state index in [-0.39, 0.29) is 6.10 Å². The number of hydrogen-bond donors (Lipinski definition) is 1. The molecule has 1 aliphatic rings. The lowest BCUT2D eigenvalue weighted by molar-refractivity contribution is 0.0849. The second kappa shape index (κ2) is 7.03. The molecule has 2 heterocycles. The number of nitrogens with one attached hydrogen (secondary N) is 1. The molecule has 0 spiro atoms. The molecule has 1 unspecified atom stereocenters. The highest BCUT2D eigenvalue weighted by molar-refractivity contribution is 7.15. The lowest BCUT2D eigenvalue weighted by atomic mass is 10.1. The molecule has 2 aromatic rings. The van der Waals surface area contributed by atoms with E-state index in [9.17, 15) is 0 Å². The van der Waals surface area contributed by atoms with Gasteiger partial charge in [-0.1, -0.05) is 36.3 Å². The number of rotatable bonds is 6. The third-order valence-electron chi connectivity index (χ3n) is 3.80. The smallest absolute Gasteiger partial charge is 0.145 e. The van der Waals surface area contributed by atoms with E-state index in [1.165, 1.54) is 16.0 Å². The van der Waals surface area contributed by atoms with Gasteiger partial charge < -0.3 is 10.2 Å². The summed E-state index contributed by atoms with van der Waals surface area (Å²) in [6.07, 6.45) is 4.06. The van der Waals surface area contributed by atoms with Crippen LogP contribution in [0.4, 0.5) is 0 Å². The summed E-state index contributed by atoms with van der Waals surface area (Å²) >= 11 is 1.74. The molecule has 0 aliphatic carbocycles. The number of aryl methyl sites for hydroxylation is 1. The van der Waals surface area contributed by atoms with Crippen molar-refractivity contribution in [2.45, 2.75) is 39.3 Å². The molecule has 1 aliphatic heterocycles. The molecule has 1 aromatic carbocycles. The maximum atomic E-state index is 5.40. The van der Waals surface area contributed by atoms with Crippen molar-refractivity contribution in [2.75, 3.05) is 6.54 Å². The first kappa shape index (κ1) is 15.2. The van der Waals surface area contributed by atoms with Gasteiger partial charge in [0.15, 0.2) is 0 Å². The van der Waals surface area contributed by atoms with E-state index in [1.807, 2.05) is 6.20 Å². The predicted octanol–water partition coefficient (Wildman–Crippen LogP) is 3.76. The number of hydrogen-bond acceptors (Lipinski definition) is 5. The minimum absolute atomic E-state index is 0.179. The average molecular weight is 315 g/mol. The van der Waals surface area contributed by atoms with E-state index in [4.69, 9.17) is 4.84 Å². The van der Waals surface area contributed by atoms with Gasteiger partial charge in [0.25, 0.3) is 0 Å². The highest BCUT2D eigenvalue weighted by Gasteiger charge is 2.19. The molecule has 22 heavy (non-hydrogen) atoms. The van der Waals surface area contributed by atoms with Gasteiger partial charge >= 0.3 is 0 Å². The number of thiazole rings is 1. The predicted molar refractivity (Wildman–Crippen MR) is 91.2 cm³/mol. The molecule has 0 amide bonds. The van der Waals surface area contributed by atoms with Crippen molar-refractivity contribution in [3.05, 3.63) is 40.9 Å². The number of nitrogens with zero attached hydrogens (tertiary/aromatic N) is 2. The minimum Gasteiger partial charge on any atom is -0.391 e. The Morgan fingerprint density at radius 2 is 2.23 bits per heavy atom. The van der Waals surface area contributed by atoms with Crippen LogP contribution < -0.4 is 5.32 Å². The van der Waals surface area contributed by atoms with Crippen LogP contribution in [0.25, 0.3) is 10.6 Å². The molecular weight excluding hydrogens is 294 g/mol. The summed E-state index contributed by atoms with van der Waals surface area (Å²) in [7, 11) is 0. The molecule has 0 saturated heterocycles. The van der Waals surface area contributed by atoms with Crippen LogP contribution in [0.3, 0.4) is 0 Å². The molecule has 1 N–H and O–H groups in total. The highest BCUT2D eigenvalue weighted by atomic mass is 32.1. The summed E-state index contributed by atoms with van der Waals surface area (Å²) in [4.78, 5) is 11.2. The van der Waals surface area contributed by atoms with Crippen molar-refractivity contribution in [3.63, 3.8) is 0 Å². The summed E-state index contributed by atoms with van der Waals surface area (Å²) in [5, 5.41) is 8.61. The van der Waals surface area contributed by atoms with Crippen LogP contribution in [-0.4, -0.2) is 23.3 Å². The van der Waals surface area contributed by atoms with Gasteiger partial charge in [0.05, 0.1) is 5.71 Å². The van der Waals surface area contributed by atoms with Crippen LogP contribution in [0.2, 0.25) is 0 Å². The van der Waals surface area contributed by atoms with Crippen molar-refractivity contribution in [3.8, 4) is 10.6 Å². The molecule has 3 rings (SSSR count). The fraction of sp³-hybridized carbons (Fsp3) is 0.412. The summed E-state index contributed by atoms with van der Waals surface area (Å²) in [6, 6.07) is 8.37. The number of benzene rings is 1. The highest BCUT2D eigenvalue weighted by Crippen LogP contribution is 2.27. The van der Waals surface area contributed by atoms with Gasteiger partial charge in [0.1, 0.15) is 11.1 Å². The number of aromatic nitrogens is 1. The maximum absolute atomic E-state index is 5.40. The zero-order valence-electron chi connectivity index (χ0n) is 13.0. The Bertz CT molecular complexity index is 665. The largest absolute Gasteiger partial charge is 0.391 e. The summed E-state index contributed by atoms with van der Waals surface area (Å²) in [5.74, 6) is 0. The summed E-state index contributed by atoms with van der Waals surface area (Å²) in [6.45, 7) is 5.88. The van der Waals surface area contributed by atoms with Gasteiger partial charge in [-0.25, -0.2) is 4.98 Å². The first-order valence-electron chi connectivity index (χ1n) is 7.69. The topological polar surface area (TPSA) is 46.5 Å². The van der Waals surface area contributed by atoms with E-state index in [0.29, 0.717) is 0 Å². The van der Waals surface area contributed by atoms with Crippen LogP contribution in [0, 0.1) is 6.92 Å². The molecule has 0 radical (unpaired) electrons. The first-order valence-corrected chi connectivity index (χ1v) is 8.51. The molecule has 1 atom stereocenters. The Morgan fingerprint density at radius 3 is 3.00 bits per heavy atom. The molecule has 0 bridgehead atoms. The van der Waals surface area contributed by atoms with Crippen LogP contribution >= 0.6 is 11.3 Å². The van der Waals surface area contributed by atoms with E-state index >= 15 is 0 Å². The summed E-state index contributed by atoms with van der Waals surface area (Å²) < 4.78 is 0. The second-order valence-electron chi connectivity index (χ2n) is 5.52. The summed E-state index contributed by atoms with van der Waals surface area (Å²) in [5.41, 5.74) is 3.64. The number of oxime groups is 1. The van der Waals surface area contributed by atoms with Crippen LogP contribution in [0.15, 0.2) is 35.6 Å². The average Bonchev–Trinajstić information content (AvgIpc) is 3.17. The standard InChI is InChI=1S/C17H21N3OS/c1-3-13-8-14(21-20-13)9-18-10-15-11-19-17(22-15)16-7-5-4-6-12(16)2/h4-7,11,14,18H,3,8-10H2,1-2H3. The third-order valence-corrected chi connectivity index (χ3v) is 4.83. The Hall–Kier alpha value is -1.72. The maximum Gasteiger partial charge on any atom is 0.145 e. The van der Waals surface area contributed by atoms with Gasteiger partial charge in [-0.05, 0) is 18.9 Å². The van der Waals surface area contributed by atoms with Gasteiger partial charge in [-0.2, -0.15) is 0 Å². The Morgan fingerprint density at radius 1 is 1.36 bits per heavy atom. The molecule has 4 nitrogen and oxygen atoms in total. The van der Waals surface area contributed by atoms with Crippen molar-refractivity contribution in [1.82, 2.24) is 10.3 Å². The zero-order chi connectivity index (χ0) is 15.4. The van der Waals surface area contributed by atoms with Gasteiger partial charge in [-0.15, -0.1) is 11.3 Å². The third kappa shape index (κ3) is 3.54. The fourth-order valence-electron chi connectivity index (χ4n) is 2.49. The molecule has 116 valence electrons. The van der Waals surface area contributed by atoms with E-state index < -0.39 is 0 Å². The molecule has 0 fully saturated rings. The van der Waals surface area contributed by atoms with Crippen molar-refractivity contribution >= 4 is 17.0 Å². The van der Waals surface area contributed by atoms with Gasteiger partial charge in [0, 0.05) is 36.1 Å². The zero-order valence-corrected chi connectivity index (χ0v) is 13.8. The van der Waals surface area contributed by atoms with E-state index in [2.05, 4.69) is 53.6 Å².